The minimum atomic E-state index is -0.300. The zero-order valence-corrected chi connectivity index (χ0v) is 15.9. The van der Waals surface area contributed by atoms with Gasteiger partial charge in [-0.15, -0.1) is 0 Å². The maximum atomic E-state index is 12.5. The van der Waals surface area contributed by atoms with Crippen LogP contribution in [0.25, 0.3) is 10.8 Å². The number of piperazine rings is 1. The predicted molar refractivity (Wildman–Crippen MR) is 111 cm³/mol. The number of carbonyl (C=O) groups is 1. The summed E-state index contributed by atoms with van der Waals surface area (Å²) in [6.07, 6.45) is 1.80. The van der Waals surface area contributed by atoms with Gasteiger partial charge in [-0.3, -0.25) is 4.79 Å². The number of aromatic nitrogens is 1. The summed E-state index contributed by atoms with van der Waals surface area (Å²) in [7, 11) is 2.13. The average molecular weight is 376 g/mol. The van der Waals surface area contributed by atoms with E-state index in [1.807, 2.05) is 36.4 Å². The lowest BCUT2D eigenvalue weighted by Crippen LogP contribution is -2.44. The van der Waals surface area contributed by atoms with E-state index >= 15 is 0 Å². The Morgan fingerprint density at radius 2 is 1.79 bits per heavy atom. The number of carbonyl (C=O) groups excluding carboxylic acids is 1. The van der Waals surface area contributed by atoms with Crippen LogP contribution >= 0.6 is 0 Å². The van der Waals surface area contributed by atoms with Crippen LogP contribution in [-0.2, 0) is 6.54 Å². The lowest BCUT2D eigenvalue weighted by molar-refractivity contribution is 0.0948. The van der Waals surface area contributed by atoms with E-state index in [0.29, 0.717) is 6.54 Å². The number of anilines is 1. The number of phenolic OH excluding ortho intramolecular Hbond substituents is 1. The molecular weight excluding hydrogens is 352 g/mol. The van der Waals surface area contributed by atoms with Gasteiger partial charge in [0.15, 0.2) is 0 Å². The molecule has 28 heavy (non-hydrogen) atoms. The van der Waals surface area contributed by atoms with Gasteiger partial charge in [0, 0.05) is 38.9 Å². The molecule has 1 aliphatic heterocycles. The Morgan fingerprint density at radius 3 is 2.46 bits per heavy atom. The summed E-state index contributed by atoms with van der Waals surface area (Å²) in [5.74, 6) is 0.654. The smallest absolute Gasteiger partial charge is 0.255 e. The molecule has 1 aliphatic rings. The lowest BCUT2D eigenvalue weighted by Gasteiger charge is -2.33. The highest BCUT2D eigenvalue weighted by Gasteiger charge is 2.15. The third kappa shape index (κ3) is 3.92. The van der Waals surface area contributed by atoms with Gasteiger partial charge < -0.3 is 20.2 Å². The highest BCUT2D eigenvalue weighted by molar-refractivity contribution is 6.01. The van der Waals surface area contributed by atoms with Crippen LogP contribution in [0.1, 0.15) is 15.9 Å². The lowest BCUT2D eigenvalue weighted by atomic mass is 10.1. The van der Waals surface area contributed by atoms with Crippen molar-refractivity contribution < 1.29 is 9.90 Å². The highest BCUT2D eigenvalue weighted by Crippen LogP contribution is 2.25. The topological polar surface area (TPSA) is 68.7 Å². The number of phenols is 1. The van der Waals surface area contributed by atoms with Gasteiger partial charge in [0.05, 0.1) is 5.56 Å². The van der Waals surface area contributed by atoms with Crippen molar-refractivity contribution in [2.45, 2.75) is 6.54 Å². The van der Waals surface area contributed by atoms with Crippen molar-refractivity contribution in [1.82, 2.24) is 15.2 Å². The van der Waals surface area contributed by atoms with Crippen molar-refractivity contribution in [2.24, 2.45) is 0 Å². The molecule has 0 unspecified atom stereocenters. The van der Waals surface area contributed by atoms with Crippen molar-refractivity contribution in [3.63, 3.8) is 0 Å². The predicted octanol–water partition coefficient (Wildman–Crippen LogP) is 2.62. The highest BCUT2D eigenvalue weighted by atomic mass is 16.3. The maximum absolute atomic E-state index is 12.5. The van der Waals surface area contributed by atoms with E-state index in [2.05, 4.69) is 27.1 Å². The summed E-state index contributed by atoms with van der Waals surface area (Å²) in [6.45, 7) is 4.38. The fraction of sp³-hybridized carbons (Fsp3) is 0.273. The fourth-order valence-electron chi connectivity index (χ4n) is 3.43. The molecule has 2 aromatic carbocycles. The minimum absolute atomic E-state index is 0.0141. The Bertz CT molecular complexity index is 979. The Morgan fingerprint density at radius 1 is 1.07 bits per heavy atom. The molecule has 2 heterocycles. The fourth-order valence-corrected chi connectivity index (χ4v) is 3.43. The third-order valence-electron chi connectivity index (χ3n) is 5.20. The molecule has 6 nitrogen and oxygen atoms in total. The molecule has 0 atom stereocenters. The summed E-state index contributed by atoms with van der Waals surface area (Å²) >= 11 is 0. The summed E-state index contributed by atoms with van der Waals surface area (Å²) in [5, 5.41) is 14.9. The first-order chi connectivity index (χ1) is 13.6. The van der Waals surface area contributed by atoms with E-state index < -0.39 is 0 Å². The van der Waals surface area contributed by atoms with Crippen LogP contribution in [0.2, 0.25) is 0 Å². The van der Waals surface area contributed by atoms with Crippen molar-refractivity contribution in [3.8, 4) is 5.75 Å². The summed E-state index contributed by atoms with van der Waals surface area (Å²) < 4.78 is 0. The van der Waals surface area contributed by atoms with E-state index in [4.69, 9.17) is 0 Å². The molecular formula is C22H24N4O2. The number of nitrogens with one attached hydrogen (secondary N) is 1. The molecule has 1 amide bonds. The molecule has 1 saturated heterocycles. The minimum Gasteiger partial charge on any atom is -0.507 e. The largest absolute Gasteiger partial charge is 0.507 e. The molecule has 4 rings (SSSR count). The third-order valence-corrected chi connectivity index (χ3v) is 5.20. The number of rotatable bonds is 4. The van der Waals surface area contributed by atoms with Gasteiger partial charge in [0.2, 0.25) is 0 Å². The first kappa shape index (κ1) is 18.3. The number of hydrogen-bond donors (Lipinski definition) is 2. The Hall–Kier alpha value is -3.12. The summed E-state index contributed by atoms with van der Waals surface area (Å²) in [4.78, 5) is 21.6. The Labute approximate surface area is 164 Å². The summed E-state index contributed by atoms with van der Waals surface area (Å²) in [6, 6.07) is 15.0. The molecule has 6 heteroatoms. The second-order valence-corrected chi connectivity index (χ2v) is 7.21. The van der Waals surface area contributed by atoms with Crippen LogP contribution in [0.3, 0.4) is 0 Å². The first-order valence-electron chi connectivity index (χ1n) is 9.48. The molecule has 0 radical (unpaired) electrons. The second-order valence-electron chi connectivity index (χ2n) is 7.21. The monoisotopic (exact) mass is 376 g/mol. The van der Waals surface area contributed by atoms with E-state index in [1.54, 1.807) is 18.3 Å². The number of aromatic hydroxyl groups is 1. The number of benzene rings is 2. The van der Waals surface area contributed by atoms with Gasteiger partial charge in [0.25, 0.3) is 5.91 Å². The average Bonchev–Trinajstić information content (AvgIpc) is 2.72. The quantitative estimate of drug-likeness (QED) is 0.733. The molecule has 1 fully saturated rings. The normalized spacial score (nSPS) is 15.0. The molecule has 0 spiro atoms. The number of pyridine rings is 1. The van der Waals surface area contributed by atoms with Gasteiger partial charge in [0.1, 0.15) is 11.6 Å². The van der Waals surface area contributed by atoms with Gasteiger partial charge in [-0.25, -0.2) is 4.98 Å². The zero-order valence-electron chi connectivity index (χ0n) is 15.9. The van der Waals surface area contributed by atoms with Crippen molar-refractivity contribution in [2.75, 3.05) is 38.1 Å². The number of fused-ring (bicyclic) bond motifs is 1. The van der Waals surface area contributed by atoms with Gasteiger partial charge in [-0.05, 0) is 41.6 Å². The van der Waals surface area contributed by atoms with Crippen molar-refractivity contribution >= 4 is 22.5 Å². The number of nitrogens with zero attached hydrogens (tertiary/aromatic N) is 3. The molecule has 1 aromatic heterocycles. The van der Waals surface area contributed by atoms with Gasteiger partial charge in [-0.1, -0.05) is 30.3 Å². The van der Waals surface area contributed by atoms with Crippen LogP contribution in [-0.4, -0.2) is 54.1 Å². The van der Waals surface area contributed by atoms with Gasteiger partial charge in [-0.2, -0.15) is 0 Å². The number of hydrogen-bond acceptors (Lipinski definition) is 5. The number of amides is 1. The Kier molecular flexibility index (Phi) is 5.12. The van der Waals surface area contributed by atoms with Crippen LogP contribution < -0.4 is 10.2 Å². The maximum Gasteiger partial charge on any atom is 0.255 e. The van der Waals surface area contributed by atoms with E-state index in [9.17, 15) is 9.90 Å². The molecule has 0 saturated carbocycles. The first-order valence-corrected chi connectivity index (χ1v) is 9.48. The second kappa shape index (κ2) is 7.86. The molecule has 2 N–H and O–H groups in total. The SMILES string of the molecule is CN1CCN(c2ccc(CNC(=O)c3cc4ccccc4cc3O)cn2)CC1. The van der Waals surface area contributed by atoms with E-state index in [-0.39, 0.29) is 17.2 Å². The standard InChI is InChI=1S/C22H24N4O2/c1-25-8-10-26(11-9-25)21-7-6-16(14-23-21)15-24-22(28)19-12-17-4-2-3-5-18(17)13-20(19)27/h2-7,12-14,27H,8-11,15H2,1H3,(H,24,28). The van der Waals surface area contributed by atoms with Crippen LogP contribution in [0, 0.1) is 0 Å². The molecule has 3 aromatic rings. The van der Waals surface area contributed by atoms with Gasteiger partial charge >= 0.3 is 0 Å². The molecule has 0 bridgehead atoms. The number of likely N-dealkylation sites (N-methyl/N-ethyl adjacent to an activating group) is 1. The van der Waals surface area contributed by atoms with Crippen LogP contribution in [0.15, 0.2) is 54.7 Å². The molecule has 144 valence electrons. The summed E-state index contributed by atoms with van der Waals surface area (Å²) in [5.41, 5.74) is 1.20. The van der Waals surface area contributed by atoms with E-state index in [0.717, 1.165) is 48.3 Å². The Balaban J connectivity index is 1.40. The van der Waals surface area contributed by atoms with Crippen molar-refractivity contribution in [3.05, 3.63) is 65.9 Å². The van der Waals surface area contributed by atoms with Crippen LogP contribution in [0.5, 0.6) is 5.75 Å². The van der Waals surface area contributed by atoms with E-state index in [1.165, 1.54) is 0 Å². The van der Waals surface area contributed by atoms with Crippen LogP contribution in [0.4, 0.5) is 5.82 Å². The van der Waals surface area contributed by atoms with Crippen molar-refractivity contribution in [1.29, 1.82) is 0 Å². The molecule has 0 aliphatic carbocycles. The zero-order chi connectivity index (χ0) is 19.5.